The summed E-state index contributed by atoms with van der Waals surface area (Å²) in [6.45, 7) is 7.51. The van der Waals surface area contributed by atoms with E-state index in [-0.39, 0.29) is 47.9 Å². The molecule has 2 saturated heterocycles. The highest BCUT2D eigenvalue weighted by Crippen LogP contribution is 2.67. The van der Waals surface area contributed by atoms with Crippen LogP contribution in [0.3, 0.4) is 0 Å². The molecule has 6 fully saturated rings. The van der Waals surface area contributed by atoms with Crippen molar-refractivity contribution in [3.63, 3.8) is 0 Å². The lowest BCUT2D eigenvalue weighted by Gasteiger charge is -2.64. The van der Waals surface area contributed by atoms with Crippen LogP contribution >= 0.6 is 0 Å². The summed E-state index contributed by atoms with van der Waals surface area (Å²) in [6.07, 6.45) is 11.1. The fraction of sp³-hybridized carbons (Fsp3) is 0.739. The molecule has 0 aromatic heterocycles. The van der Waals surface area contributed by atoms with Crippen molar-refractivity contribution >= 4 is 0 Å². The number of ether oxygens (including phenoxy) is 4. The SMILES string of the molecule is Oc1ccc2c3c1O[C@H]1[C@H](NCCOCCOCCN[C@@H]4CC[C@@]5(O)[C@H]6Cc7ccc(O)c8c7[C@@]5(CCN6CC5CC5)[C@H]4O8)CC[C@@]4(O)[C@@H](C2)N(CC2CC2)CC[C@]314. The fourth-order valence-electron chi connectivity index (χ4n) is 14.3. The third-order valence-corrected chi connectivity index (χ3v) is 17.2. The van der Waals surface area contributed by atoms with E-state index in [1.165, 1.54) is 36.8 Å². The van der Waals surface area contributed by atoms with E-state index in [4.69, 9.17) is 18.9 Å². The Hall–Kier alpha value is -2.68. The summed E-state index contributed by atoms with van der Waals surface area (Å²) in [5, 5.41) is 54.8. The number of phenolic OH excluding ortho intramolecular Hbond substituents is 2. The van der Waals surface area contributed by atoms with E-state index in [2.05, 4.69) is 32.6 Å². The van der Waals surface area contributed by atoms with E-state index >= 15 is 0 Å². The number of hydrogen-bond donors (Lipinski definition) is 6. The third kappa shape index (κ3) is 5.15. The van der Waals surface area contributed by atoms with E-state index in [1.54, 1.807) is 12.1 Å². The number of likely N-dealkylation sites (tertiary alicyclic amines) is 2. The van der Waals surface area contributed by atoms with Gasteiger partial charge in [-0.05, 0) is 125 Å². The van der Waals surface area contributed by atoms with Gasteiger partial charge in [-0.3, -0.25) is 9.80 Å². The fourth-order valence-corrected chi connectivity index (χ4v) is 14.3. The number of phenols is 2. The minimum absolute atomic E-state index is 0.0527. The first kappa shape index (κ1) is 37.1. The molecule has 4 heterocycles. The zero-order valence-electron chi connectivity index (χ0n) is 33.8. The summed E-state index contributed by atoms with van der Waals surface area (Å²) < 4.78 is 25.5. The van der Waals surface area contributed by atoms with E-state index in [0.717, 1.165) is 101 Å². The minimum Gasteiger partial charge on any atom is -0.504 e. The lowest BCUT2D eigenvalue weighted by Crippen LogP contribution is -2.78. The molecule has 6 N–H and O–H groups in total. The molecule has 12 rings (SSSR count). The summed E-state index contributed by atoms with van der Waals surface area (Å²) in [7, 11) is 0. The van der Waals surface area contributed by atoms with Gasteiger partial charge in [0.1, 0.15) is 12.2 Å². The molecule has 0 unspecified atom stereocenters. The molecule has 0 radical (unpaired) electrons. The summed E-state index contributed by atoms with van der Waals surface area (Å²) in [5.74, 6) is 3.10. The maximum atomic E-state index is 12.7. The first-order valence-electron chi connectivity index (χ1n) is 22.8. The first-order chi connectivity index (χ1) is 28.2. The molecule has 4 aliphatic heterocycles. The number of aromatic hydroxyl groups is 2. The molecule has 0 amide bonds. The molecule has 2 aromatic carbocycles. The van der Waals surface area contributed by atoms with Crippen LogP contribution in [0, 0.1) is 11.8 Å². The first-order valence-corrected chi connectivity index (χ1v) is 22.8. The number of benzene rings is 2. The minimum atomic E-state index is -0.870. The van der Waals surface area contributed by atoms with E-state index in [1.807, 2.05) is 0 Å². The van der Waals surface area contributed by atoms with Gasteiger partial charge >= 0.3 is 0 Å². The van der Waals surface area contributed by atoms with Gasteiger partial charge in [0.2, 0.25) is 0 Å². The molecule has 58 heavy (non-hydrogen) atoms. The Balaban J connectivity index is 0.628. The maximum absolute atomic E-state index is 12.7. The van der Waals surface area contributed by atoms with Gasteiger partial charge in [0.05, 0.1) is 48.5 Å². The highest BCUT2D eigenvalue weighted by molar-refractivity contribution is 5.64. The molecular formula is C46H62N4O8. The number of piperidine rings is 2. The molecule has 10 aliphatic rings. The average molecular weight is 799 g/mol. The van der Waals surface area contributed by atoms with Crippen LogP contribution < -0.4 is 20.1 Å². The van der Waals surface area contributed by atoms with Crippen molar-refractivity contribution in [2.45, 2.75) is 135 Å². The molecule has 2 spiro atoms. The van der Waals surface area contributed by atoms with Crippen LogP contribution in [0.5, 0.6) is 23.0 Å². The second kappa shape index (κ2) is 13.4. The summed E-state index contributed by atoms with van der Waals surface area (Å²) in [6, 6.07) is 7.98. The highest BCUT2D eigenvalue weighted by atomic mass is 16.5. The Morgan fingerprint density at radius 2 is 1.05 bits per heavy atom. The van der Waals surface area contributed by atoms with E-state index in [0.29, 0.717) is 51.0 Å². The van der Waals surface area contributed by atoms with Gasteiger partial charge in [-0.25, -0.2) is 0 Å². The van der Waals surface area contributed by atoms with Gasteiger partial charge in [-0.15, -0.1) is 0 Å². The summed E-state index contributed by atoms with van der Waals surface area (Å²) in [4.78, 5) is 5.16. The second-order valence-electron chi connectivity index (χ2n) is 20.0. The van der Waals surface area contributed by atoms with Crippen molar-refractivity contribution in [2.24, 2.45) is 11.8 Å². The molecule has 2 aromatic rings. The van der Waals surface area contributed by atoms with Gasteiger partial charge in [0.15, 0.2) is 23.0 Å². The van der Waals surface area contributed by atoms with Crippen LogP contribution in [0.15, 0.2) is 24.3 Å². The summed E-state index contributed by atoms with van der Waals surface area (Å²) >= 11 is 0. The second-order valence-corrected chi connectivity index (χ2v) is 20.0. The topological polar surface area (TPSA) is 148 Å². The molecule has 12 nitrogen and oxygen atoms in total. The predicted octanol–water partition coefficient (Wildman–Crippen LogP) is 2.88. The Morgan fingerprint density at radius 3 is 1.48 bits per heavy atom. The standard InChI is InChI=1S/C46H62N4O8/c51-33-7-5-29-23-35-45(53)11-9-31(41-43(45,37(29)39(33)57-41)13-17-49(35)25-27-1-2-27)47-15-19-55-21-22-56-20-16-48-32-10-12-46(54)36-24-30-6-8-34(52)40-38(30)44(46,42(32)58-40)14-18-50(36)26-28-3-4-28/h5-8,27-28,31-32,35-36,41-42,47-48,51-54H,1-4,9-26H2/t31-,32-,35-,36-,41+,42+,43+,44+,45-,46-/m1/s1. The molecule has 4 saturated carbocycles. The Kier molecular flexibility index (Phi) is 8.58. The average Bonchev–Trinajstić information content (AvgIpc) is 4.14. The van der Waals surface area contributed by atoms with Crippen LogP contribution in [0.1, 0.15) is 86.5 Å². The highest BCUT2D eigenvalue weighted by Gasteiger charge is 2.74. The van der Waals surface area contributed by atoms with Crippen LogP contribution in [0.25, 0.3) is 0 Å². The Bertz CT molecular complexity index is 1820. The van der Waals surface area contributed by atoms with Gasteiger partial charge in [0.25, 0.3) is 0 Å². The van der Waals surface area contributed by atoms with Crippen LogP contribution in [0.2, 0.25) is 0 Å². The number of nitrogens with zero attached hydrogens (tertiary/aromatic N) is 2. The molecule has 314 valence electrons. The van der Waals surface area contributed by atoms with Crippen LogP contribution in [-0.4, -0.2) is 143 Å². The number of rotatable bonds is 15. The predicted molar refractivity (Wildman–Crippen MR) is 215 cm³/mol. The Morgan fingerprint density at radius 1 is 0.603 bits per heavy atom. The van der Waals surface area contributed by atoms with Gasteiger partial charge < -0.3 is 50.0 Å². The molecule has 6 aliphatic carbocycles. The van der Waals surface area contributed by atoms with Gasteiger partial charge in [-0.2, -0.15) is 0 Å². The monoisotopic (exact) mass is 798 g/mol. The summed E-state index contributed by atoms with van der Waals surface area (Å²) in [5.41, 5.74) is 1.84. The van der Waals surface area contributed by atoms with Crippen LogP contribution in [-0.2, 0) is 33.1 Å². The van der Waals surface area contributed by atoms with Crippen molar-refractivity contribution in [2.75, 3.05) is 65.7 Å². The number of hydrogen-bond acceptors (Lipinski definition) is 12. The van der Waals surface area contributed by atoms with Crippen molar-refractivity contribution < 1.29 is 39.4 Å². The van der Waals surface area contributed by atoms with Crippen LogP contribution in [0.4, 0.5) is 0 Å². The lowest BCUT2D eigenvalue weighted by molar-refractivity contribution is -0.192. The zero-order chi connectivity index (χ0) is 39.0. The van der Waals surface area contributed by atoms with E-state index < -0.39 is 22.0 Å². The molecule has 10 atom stereocenters. The Labute approximate surface area is 341 Å². The van der Waals surface area contributed by atoms with Crippen molar-refractivity contribution in [3.8, 4) is 23.0 Å². The normalized spacial score (nSPS) is 40.2. The van der Waals surface area contributed by atoms with E-state index in [9.17, 15) is 20.4 Å². The smallest absolute Gasteiger partial charge is 0.165 e. The quantitative estimate of drug-likeness (QED) is 0.147. The lowest BCUT2D eigenvalue weighted by atomic mass is 9.48. The third-order valence-electron chi connectivity index (χ3n) is 17.2. The zero-order valence-corrected chi connectivity index (χ0v) is 33.8. The van der Waals surface area contributed by atoms with Gasteiger partial charge in [-0.1, -0.05) is 12.1 Å². The number of aliphatic hydroxyl groups is 2. The largest absolute Gasteiger partial charge is 0.504 e. The van der Waals surface area contributed by atoms with Crippen molar-refractivity contribution in [1.29, 1.82) is 0 Å². The number of nitrogens with one attached hydrogen (secondary N) is 2. The molecule has 12 heteroatoms. The van der Waals surface area contributed by atoms with Crippen molar-refractivity contribution in [3.05, 3.63) is 46.5 Å². The van der Waals surface area contributed by atoms with Gasteiger partial charge in [0, 0.05) is 61.5 Å². The molecule has 4 bridgehead atoms. The maximum Gasteiger partial charge on any atom is 0.165 e. The molecular weight excluding hydrogens is 737 g/mol. The van der Waals surface area contributed by atoms with Crippen molar-refractivity contribution in [1.82, 2.24) is 20.4 Å².